The zero-order valence-electron chi connectivity index (χ0n) is 11.2. The summed E-state index contributed by atoms with van der Waals surface area (Å²) in [5.74, 6) is 2.57. The van der Waals surface area contributed by atoms with E-state index in [9.17, 15) is 4.79 Å². The van der Waals surface area contributed by atoms with Crippen LogP contribution in [0.2, 0.25) is 0 Å². The number of rotatable bonds is 8. The Morgan fingerprint density at radius 1 is 1.18 bits per heavy atom. The lowest BCUT2D eigenvalue weighted by molar-refractivity contribution is -0.121. The van der Waals surface area contributed by atoms with Gasteiger partial charge in [0.15, 0.2) is 0 Å². The van der Waals surface area contributed by atoms with Crippen molar-refractivity contribution in [1.29, 1.82) is 0 Å². The third kappa shape index (κ3) is 4.66. The predicted molar refractivity (Wildman–Crippen MR) is 69.7 cm³/mol. The maximum Gasteiger partial charge on any atom is 0.221 e. The van der Waals surface area contributed by atoms with E-state index in [0.717, 1.165) is 24.9 Å². The molecule has 0 atom stereocenters. The lowest BCUT2D eigenvalue weighted by atomic mass is 10.1. The van der Waals surface area contributed by atoms with Crippen molar-refractivity contribution in [1.82, 2.24) is 10.6 Å². The van der Waals surface area contributed by atoms with E-state index in [0.29, 0.717) is 18.4 Å². The fourth-order valence-electron chi connectivity index (χ4n) is 2.39. The maximum atomic E-state index is 11.5. The Morgan fingerprint density at radius 2 is 1.76 bits per heavy atom. The Labute approximate surface area is 105 Å². The van der Waals surface area contributed by atoms with Crippen molar-refractivity contribution in [3.05, 3.63) is 0 Å². The van der Waals surface area contributed by atoms with Crippen molar-refractivity contribution in [2.45, 2.75) is 52.0 Å². The first-order valence-electron chi connectivity index (χ1n) is 7.17. The van der Waals surface area contributed by atoms with Crippen molar-refractivity contribution in [2.24, 2.45) is 17.8 Å². The van der Waals surface area contributed by atoms with Gasteiger partial charge < -0.3 is 10.6 Å². The molecule has 0 heterocycles. The normalized spacial score (nSPS) is 20.0. The van der Waals surface area contributed by atoms with Crippen molar-refractivity contribution in [3.8, 4) is 0 Å². The van der Waals surface area contributed by atoms with Gasteiger partial charge in [0.05, 0.1) is 0 Å². The zero-order valence-corrected chi connectivity index (χ0v) is 11.2. The summed E-state index contributed by atoms with van der Waals surface area (Å²) in [6.07, 6.45) is 6.21. The van der Waals surface area contributed by atoms with Gasteiger partial charge in [0, 0.05) is 25.6 Å². The van der Waals surface area contributed by atoms with Crippen LogP contribution in [0.5, 0.6) is 0 Å². The highest BCUT2D eigenvalue weighted by Gasteiger charge is 2.40. The summed E-state index contributed by atoms with van der Waals surface area (Å²) in [5.41, 5.74) is 0. The third-order valence-electron chi connectivity index (χ3n) is 3.70. The first-order valence-corrected chi connectivity index (χ1v) is 7.17. The van der Waals surface area contributed by atoms with E-state index in [1.54, 1.807) is 0 Å². The first-order chi connectivity index (χ1) is 8.16. The molecule has 0 aromatic heterocycles. The molecule has 0 aromatic carbocycles. The fraction of sp³-hybridized carbons (Fsp3) is 0.929. The van der Waals surface area contributed by atoms with Crippen LogP contribution < -0.4 is 10.6 Å². The summed E-state index contributed by atoms with van der Waals surface area (Å²) in [6.45, 7) is 5.89. The molecule has 0 spiro atoms. The van der Waals surface area contributed by atoms with Crippen LogP contribution in [0.15, 0.2) is 0 Å². The molecule has 2 aliphatic rings. The fourth-order valence-corrected chi connectivity index (χ4v) is 2.39. The van der Waals surface area contributed by atoms with E-state index in [-0.39, 0.29) is 5.91 Å². The minimum Gasteiger partial charge on any atom is -0.356 e. The molecule has 0 unspecified atom stereocenters. The SMILES string of the molecule is CC(C)CNC(=O)CCNC(C1CC1)C1CC1. The minimum absolute atomic E-state index is 0.191. The standard InChI is InChI=1S/C14H26N2O/c1-10(2)9-16-13(17)7-8-15-14(11-3-4-11)12-5-6-12/h10-12,14-15H,3-9H2,1-2H3,(H,16,17). The van der Waals surface area contributed by atoms with E-state index in [1.165, 1.54) is 25.7 Å². The van der Waals surface area contributed by atoms with Crippen LogP contribution in [0.25, 0.3) is 0 Å². The molecule has 0 aromatic rings. The molecule has 17 heavy (non-hydrogen) atoms. The monoisotopic (exact) mass is 238 g/mol. The molecule has 1 amide bonds. The van der Waals surface area contributed by atoms with E-state index in [2.05, 4.69) is 24.5 Å². The number of amides is 1. The molecule has 2 aliphatic carbocycles. The highest BCUT2D eigenvalue weighted by Crippen LogP contribution is 2.44. The van der Waals surface area contributed by atoms with Crippen molar-refractivity contribution in [2.75, 3.05) is 13.1 Å². The van der Waals surface area contributed by atoms with Gasteiger partial charge >= 0.3 is 0 Å². The van der Waals surface area contributed by atoms with Gasteiger partial charge in [0.25, 0.3) is 0 Å². The Hall–Kier alpha value is -0.570. The van der Waals surface area contributed by atoms with Gasteiger partial charge in [-0.15, -0.1) is 0 Å². The summed E-state index contributed by atoms with van der Waals surface area (Å²) < 4.78 is 0. The first kappa shape index (κ1) is 12.9. The molecule has 2 rings (SSSR count). The molecule has 0 bridgehead atoms. The van der Waals surface area contributed by atoms with E-state index < -0.39 is 0 Å². The van der Waals surface area contributed by atoms with Gasteiger partial charge in [0.2, 0.25) is 5.91 Å². The highest BCUT2D eigenvalue weighted by atomic mass is 16.1. The average molecular weight is 238 g/mol. The summed E-state index contributed by atoms with van der Waals surface area (Å²) in [6, 6.07) is 0.716. The molecule has 0 saturated heterocycles. The lowest BCUT2D eigenvalue weighted by Crippen LogP contribution is -2.37. The lowest BCUT2D eigenvalue weighted by Gasteiger charge is -2.17. The number of hydrogen-bond donors (Lipinski definition) is 2. The molecular weight excluding hydrogens is 212 g/mol. The summed E-state index contributed by atoms with van der Waals surface area (Å²) in [5, 5.41) is 6.57. The smallest absolute Gasteiger partial charge is 0.221 e. The van der Waals surface area contributed by atoms with Crippen molar-refractivity contribution in [3.63, 3.8) is 0 Å². The largest absolute Gasteiger partial charge is 0.356 e. The van der Waals surface area contributed by atoms with Gasteiger partial charge in [-0.2, -0.15) is 0 Å². The Morgan fingerprint density at radius 3 is 2.24 bits per heavy atom. The quantitative estimate of drug-likeness (QED) is 0.678. The zero-order chi connectivity index (χ0) is 12.3. The molecular formula is C14H26N2O. The molecule has 3 heteroatoms. The van der Waals surface area contributed by atoms with Crippen molar-refractivity contribution >= 4 is 5.91 Å². The molecule has 0 aliphatic heterocycles. The second-order valence-electron chi connectivity index (χ2n) is 6.10. The van der Waals surface area contributed by atoms with E-state index in [1.807, 2.05) is 0 Å². The van der Waals surface area contributed by atoms with Crippen LogP contribution in [0, 0.1) is 17.8 Å². The van der Waals surface area contributed by atoms with E-state index >= 15 is 0 Å². The number of nitrogens with one attached hydrogen (secondary N) is 2. The third-order valence-corrected chi connectivity index (χ3v) is 3.70. The van der Waals surface area contributed by atoms with Crippen LogP contribution in [0.1, 0.15) is 46.0 Å². The van der Waals surface area contributed by atoms with Crippen LogP contribution in [0.3, 0.4) is 0 Å². The summed E-state index contributed by atoms with van der Waals surface area (Å²) >= 11 is 0. The Kier molecular flexibility index (Phi) is 4.43. The molecule has 0 radical (unpaired) electrons. The molecule has 2 fully saturated rings. The van der Waals surface area contributed by atoms with Gasteiger partial charge in [-0.05, 0) is 43.4 Å². The van der Waals surface area contributed by atoms with Crippen LogP contribution in [-0.4, -0.2) is 25.0 Å². The van der Waals surface area contributed by atoms with Crippen LogP contribution in [-0.2, 0) is 4.79 Å². The number of hydrogen-bond acceptors (Lipinski definition) is 2. The van der Waals surface area contributed by atoms with Crippen LogP contribution in [0.4, 0.5) is 0 Å². The van der Waals surface area contributed by atoms with Gasteiger partial charge in [-0.3, -0.25) is 4.79 Å². The summed E-state index contributed by atoms with van der Waals surface area (Å²) in [7, 11) is 0. The Balaban J connectivity index is 1.56. The van der Waals surface area contributed by atoms with Crippen LogP contribution >= 0.6 is 0 Å². The van der Waals surface area contributed by atoms with Crippen molar-refractivity contribution < 1.29 is 4.79 Å². The molecule has 2 N–H and O–H groups in total. The minimum atomic E-state index is 0.191. The second-order valence-corrected chi connectivity index (χ2v) is 6.10. The maximum absolute atomic E-state index is 11.5. The second kappa shape index (κ2) is 5.85. The summed E-state index contributed by atoms with van der Waals surface area (Å²) in [4.78, 5) is 11.5. The number of carbonyl (C=O) groups is 1. The van der Waals surface area contributed by atoms with Gasteiger partial charge in [-0.1, -0.05) is 13.8 Å². The predicted octanol–water partition coefficient (Wildman–Crippen LogP) is 1.93. The molecule has 2 saturated carbocycles. The average Bonchev–Trinajstić information content (AvgIpc) is 3.14. The topological polar surface area (TPSA) is 41.1 Å². The van der Waals surface area contributed by atoms with Gasteiger partial charge in [0.1, 0.15) is 0 Å². The number of carbonyl (C=O) groups excluding carboxylic acids is 1. The Bertz CT molecular complexity index is 245. The van der Waals surface area contributed by atoms with E-state index in [4.69, 9.17) is 0 Å². The molecule has 98 valence electrons. The van der Waals surface area contributed by atoms with Gasteiger partial charge in [-0.25, -0.2) is 0 Å². The highest BCUT2D eigenvalue weighted by molar-refractivity contribution is 5.76. The molecule has 3 nitrogen and oxygen atoms in total.